The fourth-order valence-corrected chi connectivity index (χ4v) is 3.21. The summed E-state index contributed by atoms with van der Waals surface area (Å²) in [5.41, 5.74) is 5.32. The van der Waals surface area contributed by atoms with E-state index in [9.17, 15) is 28.8 Å². The van der Waals surface area contributed by atoms with Crippen molar-refractivity contribution in [1.29, 1.82) is 0 Å². The molecule has 2 atom stereocenters. The van der Waals surface area contributed by atoms with E-state index in [1.165, 1.54) is 0 Å². The Bertz CT molecular complexity index is 738. The number of carbonyl (C=O) groups excluding carboxylic acids is 4. The van der Waals surface area contributed by atoms with Gasteiger partial charge in [0.1, 0.15) is 18.6 Å². The Labute approximate surface area is 169 Å². The molecule has 0 saturated heterocycles. The fraction of sp³-hybridized carbons (Fsp3) is 0.500. The molecule has 29 heavy (non-hydrogen) atoms. The maximum atomic E-state index is 12.2. The maximum absolute atomic E-state index is 12.2. The van der Waals surface area contributed by atoms with E-state index in [4.69, 9.17) is 15.9 Å². The first-order chi connectivity index (χ1) is 13.6. The molecule has 1 heterocycles. The van der Waals surface area contributed by atoms with Gasteiger partial charge in [-0.1, -0.05) is 0 Å². The summed E-state index contributed by atoms with van der Waals surface area (Å²) in [6.45, 7) is 1.13. The molecule has 160 valence electrons. The number of carboxylic acids is 2. The highest BCUT2D eigenvalue weighted by atomic mass is 32.2. The van der Waals surface area contributed by atoms with Crippen molar-refractivity contribution in [3.05, 3.63) is 11.0 Å². The van der Waals surface area contributed by atoms with E-state index in [1.807, 2.05) is 0 Å². The first kappa shape index (κ1) is 24.1. The third-order valence-corrected chi connectivity index (χ3v) is 4.87. The van der Waals surface area contributed by atoms with Crippen LogP contribution in [0, 0.1) is 0 Å². The minimum Gasteiger partial charge on any atom is -0.480 e. The fourth-order valence-electron chi connectivity index (χ4n) is 2.21. The Balaban J connectivity index is 2.74. The first-order valence-electron chi connectivity index (χ1n) is 8.54. The van der Waals surface area contributed by atoms with Crippen LogP contribution in [0.4, 0.5) is 0 Å². The smallest absolute Gasteiger partial charge is 0.322 e. The van der Waals surface area contributed by atoms with Crippen molar-refractivity contribution in [1.82, 2.24) is 15.5 Å². The van der Waals surface area contributed by atoms with Crippen molar-refractivity contribution in [2.45, 2.75) is 31.8 Å². The Morgan fingerprint density at radius 3 is 2.41 bits per heavy atom. The summed E-state index contributed by atoms with van der Waals surface area (Å²) < 4.78 is 0. The monoisotopic (exact) mass is 430 g/mol. The van der Waals surface area contributed by atoms with E-state index in [1.54, 1.807) is 6.92 Å². The lowest BCUT2D eigenvalue weighted by Crippen LogP contribution is -2.49. The summed E-state index contributed by atoms with van der Waals surface area (Å²) in [5.74, 6) is -5.20. The van der Waals surface area contributed by atoms with Crippen LogP contribution in [0.3, 0.4) is 0 Å². The molecule has 0 unspecified atom stereocenters. The van der Waals surface area contributed by atoms with Crippen LogP contribution in [0.1, 0.15) is 19.8 Å². The second-order valence-corrected chi connectivity index (χ2v) is 6.98. The van der Waals surface area contributed by atoms with Crippen molar-refractivity contribution < 1.29 is 39.0 Å². The lowest BCUT2D eigenvalue weighted by Gasteiger charge is -2.18. The number of nitrogens with zero attached hydrogens (tertiary/aromatic N) is 1. The second kappa shape index (κ2) is 11.2. The number of nitrogens with two attached hydrogens (primary N) is 1. The summed E-state index contributed by atoms with van der Waals surface area (Å²) in [7, 11) is 0. The van der Waals surface area contributed by atoms with Crippen LogP contribution in [0.25, 0.3) is 0 Å². The van der Waals surface area contributed by atoms with Gasteiger partial charge in [0.15, 0.2) is 0 Å². The minimum atomic E-state index is -1.29. The number of nitrogens with one attached hydrogen (secondary N) is 2. The van der Waals surface area contributed by atoms with E-state index >= 15 is 0 Å². The van der Waals surface area contributed by atoms with E-state index in [0.717, 1.165) is 22.7 Å². The number of imide groups is 1. The Kier molecular flexibility index (Phi) is 9.28. The number of thioether (sulfide) groups is 1. The molecule has 1 aliphatic heterocycles. The Hall–Kier alpha value is -2.93. The highest BCUT2D eigenvalue weighted by Gasteiger charge is 2.31. The zero-order valence-electron chi connectivity index (χ0n) is 15.5. The van der Waals surface area contributed by atoms with Gasteiger partial charge in [-0.3, -0.25) is 33.7 Å². The molecule has 0 aliphatic carbocycles. The quantitative estimate of drug-likeness (QED) is 0.213. The zero-order chi connectivity index (χ0) is 22.1. The van der Waals surface area contributed by atoms with Crippen molar-refractivity contribution in [3.8, 4) is 0 Å². The van der Waals surface area contributed by atoms with Gasteiger partial charge in [0, 0.05) is 24.8 Å². The van der Waals surface area contributed by atoms with E-state index < -0.39 is 54.2 Å². The number of hydrogen-bond donors (Lipinski definition) is 5. The first-order valence-corrected chi connectivity index (χ1v) is 9.52. The molecular formula is C16H22N4O8S. The molecule has 1 aliphatic rings. The van der Waals surface area contributed by atoms with Gasteiger partial charge < -0.3 is 26.6 Å². The SMILES string of the molecule is CCN1C(=O)C=C(SC[C@H](NC(=O)CC[C@H](N)C(=O)O)C(=O)NCC(=O)O)C1=O. The largest absolute Gasteiger partial charge is 0.480 e. The molecular weight excluding hydrogens is 408 g/mol. The highest BCUT2D eigenvalue weighted by Crippen LogP contribution is 2.24. The summed E-state index contributed by atoms with van der Waals surface area (Å²) in [4.78, 5) is 70.4. The molecule has 0 radical (unpaired) electrons. The van der Waals surface area contributed by atoms with Crippen LogP contribution in [0.2, 0.25) is 0 Å². The van der Waals surface area contributed by atoms with Crippen LogP contribution in [-0.2, 0) is 28.8 Å². The van der Waals surface area contributed by atoms with Crippen LogP contribution in [-0.4, -0.2) is 81.6 Å². The topological polar surface area (TPSA) is 196 Å². The van der Waals surface area contributed by atoms with Crippen molar-refractivity contribution in [2.75, 3.05) is 18.8 Å². The number of hydrogen-bond acceptors (Lipinski definition) is 8. The van der Waals surface area contributed by atoms with Gasteiger partial charge in [-0.05, 0) is 13.3 Å². The van der Waals surface area contributed by atoms with E-state index in [2.05, 4.69) is 10.6 Å². The summed E-state index contributed by atoms with van der Waals surface area (Å²) >= 11 is 0.864. The number of amides is 4. The number of carboxylic acid groups (broad SMARTS) is 2. The third kappa shape index (κ3) is 7.54. The van der Waals surface area contributed by atoms with Gasteiger partial charge in [-0.2, -0.15) is 0 Å². The molecule has 0 aromatic heterocycles. The summed E-state index contributed by atoms with van der Waals surface area (Å²) in [6.07, 6.45) is 0.683. The van der Waals surface area contributed by atoms with Crippen molar-refractivity contribution in [3.63, 3.8) is 0 Å². The van der Waals surface area contributed by atoms with Crippen molar-refractivity contribution in [2.24, 2.45) is 5.73 Å². The molecule has 6 N–H and O–H groups in total. The van der Waals surface area contributed by atoms with Gasteiger partial charge in [-0.15, -0.1) is 11.8 Å². The molecule has 0 fully saturated rings. The maximum Gasteiger partial charge on any atom is 0.322 e. The van der Waals surface area contributed by atoms with Crippen LogP contribution in [0.15, 0.2) is 11.0 Å². The lowest BCUT2D eigenvalue weighted by atomic mass is 10.1. The minimum absolute atomic E-state index is 0.0926. The average Bonchev–Trinajstić information content (AvgIpc) is 2.93. The zero-order valence-corrected chi connectivity index (χ0v) is 16.4. The Morgan fingerprint density at radius 2 is 1.90 bits per heavy atom. The standard InChI is InChI=1S/C16H22N4O8S/c1-2-20-12(22)5-10(15(20)26)29-7-9(14(25)18-6-13(23)24)19-11(21)4-3-8(17)16(27)28/h5,8-9H,2-4,6-7,17H2,1H3,(H,18,25)(H,19,21)(H,23,24)(H,27,28)/t8-,9-/m0/s1. The summed E-state index contributed by atoms with van der Waals surface area (Å²) in [5, 5.41) is 21.9. The third-order valence-electron chi connectivity index (χ3n) is 3.76. The van der Waals surface area contributed by atoms with Gasteiger partial charge >= 0.3 is 11.9 Å². The van der Waals surface area contributed by atoms with Gasteiger partial charge in [0.05, 0.1) is 4.91 Å². The Morgan fingerprint density at radius 1 is 1.24 bits per heavy atom. The number of likely N-dealkylation sites (N-methyl/N-ethyl adjacent to an activating group) is 1. The number of aliphatic carboxylic acids is 2. The van der Waals surface area contributed by atoms with Gasteiger partial charge in [0.2, 0.25) is 11.8 Å². The highest BCUT2D eigenvalue weighted by molar-refractivity contribution is 8.04. The molecule has 0 aromatic rings. The molecule has 12 nitrogen and oxygen atoms in total. The lowest BCUT2D eigenvalue weighted by molar-refractivity contribution is -0.139. The van der Waals surface area contributed by atoms with Crippen LogP contribution >= 0.6 is 11.8 Å². The predicted octanol–water partition coefficient (Wildman–Crippen LogP) is -2.13. The van der Waals surface area contributed by atoms with Gasteiger partial charge in [0.25, 0.3) is 11.8 Å². The number of rotatable bonds is 12. The van der Waals surface area contributed by atoms with Crippen LogP contribution in [0.5, 0.6) is 0 Å². The van der Waals surface area contributed by atoms with Crippen molar-refractivity contribution >= 4 is 47.3 Å². The molecule has 0 saturated carbocycles. The van der Waals surface area contributed by atoms with E-state index in [0.29, 0.717) is 0 Å². The molecule has 4 amide bonds. The summed E-state index contributed by atoms with van der Waals surface area (Å²) in [6, 6.07) is -2.46. The normalized spacial score (nSPS) is 15.5. The molecule has 13 heteroatoms. The average molecular weight is 430 g/mol. The van der Waals surface area contributed by atoms with E-state index in [-0.39, 0.29) is 30.0 Å². The molecule has 0 spiro atoms. The number of carbonyl (C=O) groups is 6. The molecule has 1 rings (SSSR count). The molecule has 0 aromatic carbocycles. The molecule has 0 bridgehead atoms. The second-order valence-electron chi connectivity index (χ2n) is 5.92. The predicted molar refractivity (Wildman–Crippen MR) is 100 cm³/mol. The van der Waals surface area contributed by atoms with Crippen LogP contribution < -0.4 is 16.4 Å². The van der Waals surface area contributed by atoms with Gasteiger partial charge in [-0.25, -0.2) is 0 Å².